The van der Waals surface area contributed by atoms with Gasteiger partial charge in [-0.3, -0.25) is 0 Å². The summed E-state index contributed by atoms with van der Waals surface area (Å²) in [6.45, 7) is 0. The van der Waals surface area contributed by atoms with E-state index in [9.17, 15) is 0 Å². The number of benzene rings is 1. The van der Waals surface area contributed by atoms with Crippen molar-refractivity contribution in [1.29, 1.82) is 0 Å². The molecule has 0 unspecified atom stereocenters. The molecule has 1 aliphatic carbocycles. The molecule has 1 aliphatic rings. The quantitative estimate of drug-likeness (QED) is 0.758. The third-order valence-corrected chi connectivity index (χ3v) is 5.49. The van der Waals surface area contributed by atoms with Crippen molar-refractivity contribution >= 4 is 27.7 Å². The maximum Gasteiger partial charge on any atom is 0.191 e. The maximum absolute atomic E-state index is 4.41. The van der Waals surface area contributed by atoms with Crippen LogP contribution in [0.2, 0.25) is 0 Å². The Morgan fingerprint density at radius 3 is 2.60 bits per heavy atom. The summed E-state index contributed by atoms with van der Waals surface area (Å²) in [5, 5.41) is 9.79. The number of hydrogen-bond donors (Lipinski definition) is 0. The van der Waals surface area contributed by atoms with Gasteiger partial charge in [-0.25, -0.2) is 0 Å². The first kappa shape index (κ1) is 14.1. The van der Waals surface area contributed by atoms with Gasteiger partial charge in [-0.1, -0.05) is 52.7 Å². The largest absolute Gasteiger partial charge is 0.309 e. The third kappa shape index (κ3) is 3.09. The lowest BCUT2D eigenvalue weighted by Gasteiger charge is -2.08. The van der Waals surface area contributed by atoms with E-state index in [2.05, 4.69) is 62.0 Å². The topological polar surface area (TPSA) is 30.7 Å². The molecule has 1 aromatic heterocycles. The summed E-state index contributed by atoms with van der Waals surface area (Å²) in [6, 6.07) is 8.45. The third-order valence-electron chi connectivity index (χ3n) is 3.87. The Hall–Kier alpha value is -0.810. The van der Waals surface area contributed by atoms with Gasteiger partial charge in [0.15, 0.2) is 5.16 Å². The van der Waals surface area contributed by atoms with E-state index >= 15 is 0 Å². The number of hydrogen-bond acceptors (Lipinski definition) is 3. The minimum atomic E-state index is 0.620. The van der Waals surface area contributed by atoms with E-state index in [-0.39, 0.29) is 0 Å². The molecule has 3 nitrogen and oxygen atoms in total. The molecular weight excluding hydrogens is 334 g/mol. The van der Waals surface area contributed by atoms with Gasteiger partial charge in [0.2, 0.25) is 0 Å². The van der Waals surface area contributed by atoms with E-state index in [0.717, 1.165) is 15.4 Å². The summed E-state index contributed by atoms with van der Waals surface area (Å²) >= 11 is 5.22. The average molecular weight is 352 g/mol. The van der Waals surface area contributed by atoms with E-state index in [1.54, 1.807) is 11.8 Å². The summed E-state index contributed by atoms with van der Waals surface area (Å²) < 4.78 is 3.30. The highest BCUT2D eigenvalue weighted by atomic mass is 79.9. The van der Waals surface area contributed by atoms with Crippen LogP contribution in [0.15, 0.2) is 33.9 Å². The summed E-state index contributed by atoms with van der Waals surface area (Å²) in [6.07, 6.45) is 5.20. The van der Waals surface area contributed by atoms with Crippen molar-refractivity contribution in [3.05, 3.63) is 40.1 Å². The molecule has 0 amide bonds. The number of aromatic nitrogens is 3. The van der Waals surface area contributed by atoms with Gasteiger partial charge in [0.05, 0.1) is 0 Å². The number of nitrogens with zero attached hydrogens (tertiary/aromatic N) is 3. The molecular formula is C15H18BrN3S. The average Bonchev–Trinajstić information content (AvgIpc) is 3.08. The second-order valence-corrected chi connectivity index (χ2v) is 7.15. The van der Waals surface area contributed by atoms with Crippen LogP contribution >= 0.6 is 27.7 Å². The molecule has 0 aliphatic heterocycles. The van der Waals surface area contributed by atoms with E-state index in [0.29, 0.717) is 5.92 Å². The van der Waals surface area contributed by atoms with Gasteiger partial charge in [-0.2, -0.15) is 0 Å². The molecule has 2 aromatic rings. The molecule has 0 saturated heterocycles. The summed E-state index contributed by atoms with van der Waals surface area (Å²) in [5.74, 6) is 2.72. The van der Waals surface area contributed by atoms with Crippen LogP contribution in [0.5, 0.6) is 0 Å². The summed E-state index contributed by atoms with van der Waals surface area (Å²) in [4.78, 5) is 0. The second kappa shape index (κ2) is 6.31. The Morgan fingerprint density at radius 2 is 1.90 bits per heavy atom. The molecule has 1 aromatic carbocycles. The first-order valence-electron chi connectivity index (χ1n) is 7.00. The van der Waals surface area contributed by atoms with E-state index in [1.165, 1.54) is 37.1 Å². The molecule has 0 bridgehead atoms. The standard InChI is InChI=1S/C15H18BrN3S/c1-19-14(12-4-2-3-5-12)17-18-15(19)20-10-11-6-8-13(16)9-7-11/h6-9,12H,2-5,10H2,1H3. The van der Waals surface area contributed by atoms with Crippen LogP contribution in [0.4, 0.5) is 0 Å². The zero-order chi connectivity index (χ0) is 13.9. The first-order valence-corrected chi connectivity index (χ1v) is 8.78. The van der Waals surface area contributed by atoms with Crippen LogP contribution in [0.1, 0.15) is 43.0 Å². The minimum absolute atomic E-state index is 0.620. The van der Waals surface area contributed by atoms with Crippen molar-refractivity contribution in [3.8, 4) is 0 Å². The van der Waals surface area contributed by atoms with E-state index in [1.807, 2.05) is 0 Å². The van der Waals surface area contributed by atoms with E-state index in [4.69, 9.17) is 0 Å². The molecule has 5 heteroatoms. The van der Waals surface area contributed by atoms with Crippen molar-refractivity contribution in [2.75, 3.05) is 0 Å². The highest BCUT2D eigenvalue weighted by Crippen LogP contribution is 2.34. The highest BCUT2D eigenvalue weighted by molar-refractivity contribution is 9.10. The lowest BCUT2D eigenvalue weighted by Crippen LogP contribution is -2.03. The van der Waals surface area contributed by atoms with Crippen molar-refractivity contribution in [2.45, 2.75) is 42.5 Å². The van der Waals surface area contributed by atoms with Crippen molar-refractivity contribution in [1.82, 2.24) is 14.8 Å². The first-order chi connectivity index (χ1) is 9.74. The molecule has 20 heavy (non-hydrogen) atoms. The van der Waals surface area contributed by atoms with Gasteiger partial charge in [-0.15, -0.1) is 10.2 Å². The van der Waals surface area contributed by atoms with Gasteiger partial charge in [0, 0.05) is 23.2 Å². The van der Waals surface area contributed by atoms with Crippen molar-refractivity contribution in [3.63, 3.8) is 0 Å². The van der Waals surface area contributed by atoms with E-state index < -0.39 is 0 Å². The molecule has 1 heterocycles. The zero-order valence-corrected chi connectivity index (χ0v) is 14.0. The minimum Gasteiger partial charge on any atom is -0.309 e. The van der Waals surface area contributed by atoms with Gasteiger partial charge in [0.1, 0.15) is 5.82 Å². The number of thioether (sulfide) groups is 1. The van der Waals surface area contributed by atoms with Gasteiger partial charge < -0.3 is 4.57 Å². The van der Waals surface area contributed by atoms with Crippen LogP contribution in [-0.2, 0) is 12.8 Å². The maximum atomic E-state index is 4.41. The van der Waals surface area contributed by atoms with Gasteiger partial charge in [0.25, 0.3) is 0 Å². The molecule has 0 spiro atoms. The fourth-order valence-electron chi connectivity index (χ4n) is 2.72. The Balaban J connectivity index is 1.67. The highest BCUT2D eigenvalue weighted by Gasteiger charge is 2.23. The van der Waals surface area contributed by atoms with Crippen LogP contribution < -0.4 is 0 Å². The van der Waals surface area contributed by atoms with Crippen molar-refractivity contribution < 1.29 is 0 Å². The predicted octanol–water partition coefficient (Wildman–Crippen LogP) is 4.53. The lowest BCUT2D eigenvalue weighted by atomic mass is 10.1. The summed E-state index contributed by atoms with van der Waals surface area (Å²) in [5.41, 5.74) is 1.31. The molecule has 106 valence electrons. The number of rotatable bonds is 4. The fourth-order valence-corrected chi connectivity index (χ4v) is 3.86. The smallest absolute Gasteiger partial charge is 0.191 e. The van der Waals surface area contributed by atoms with Gasteiger partial charge >= 0.3 is 0 Å². The Labute approximate surface area is 132 Å². The summed E-state index contributed by atoms with van der Waals surface area (Å²) in [7, 11) is 2.09. The van der Waals surface area contributed by atoms with Crippen LogP contribution in [0, 0.1) is 0 Å². The van der Waals surface area contributed by atoms with Crippen LogP contribution in [0.3, 0.4) is 0 Å². The molecule has 0 N–H and O–H groups in total. The SMILES string of the molecule is Cn1c(SCc2ccc(Br)cc2)nnc1C1CCCC1. The van der Waals surface area contributed by atoms with Crippen LogP contribution in [-0.4, -0.2) is 14.8 Å². The Kier molecular flexibility index (Phi) is 4.46. The zero-order valence-electron chi connectivity index (χ0n) is 11.6. The Bertz CT molecular complexity index is 573. The fraction of sp³-hybridized carbons (Fsp3) is 0.467. The molecule has 3 rings (SSSR count). The molecule has 1 saturated carbocycles. The number of halogens is 1. The van der Waals surface area contributed by atoms with Crippen LogP contribution in [0.25, 0.3) is 0 Å². The van der Waals surface area contributed by atoms with Gasteiger partial charge in [-0.05, 0) is 30.5 Å². The monoisotopic (exact) mass is 351 g/mol. The molecule has 0 atom stereocenters. The second-order valence-electron chi connectivity index (χ2n) is 5.30. The molecule has 0 radical (unpaired) electrons. The predicted molar refractivity (Wildman–Crippen MR) is 85.9 cm³/mol. The van der Waals surface area contributed by atoms with Crippen molar-refractivity contribution in [2.24, 2.45) is 7.05 Å². The normalized spacial score (nSPS) is 15.9. The Morgan fingerprint density at radius 1 is 1.20 bits per heavy atom. The molecule has 1 fully saturated rings. The lowest BCUT2D eigenvalue weighted by molar-refractivity contribution is 0.616.